The number of aromatic amines is 1. The summed E-state index contributed by atoms with van der Waals surface area (Å²) in [5, 5.41) is 14.4. The van der Waals surface area contributed by atoms with E-state index in [1.807, 2.05) is 17.5 Å². The third-order valence-electron chi connectivity index (χ3n) is 5.03. The number of nitrogens with zero attached hydrogens (tertiary/aromatic N) is 2. The molecule has 1 atom stereocenters. The molecule has 2 fully saturated rings. The van der Waals surface area contributed by atoms with E-state index in [9.17, 15) is 14.4 Å². The number of anilines is 1. The van der Waals surface area contributed by atoms with Gasteiger partial charge in [0.15, 0.2) is 5.82 Å². The predicted molar refractivity (Wildman–Crippen MR) is 96.6 cm³/mol. The van der Waals surface area contributed by atoms with Crippen LogP contribution in [-0.2, 0) is 9.59 Å². The summed E-state index contributed by atoms with van der Waals surface area (Å²) in [5.74, 6) is -0.399. The highest BCUT2D eigenvalue weighted by molar-refractivity contribution is 7.13. The molecular formula is C17H19N5O3S. The maximum absolute atomic E-state index is 12.7. The minimum atomic E-state index is -0.913. The average Bonchev–Trinajstić information content (AvgIpc) is 3.38. The zero-order valence-electron chi connectivity index (χ0n) is 14.2. The van der Waals surface area contributed by atoms with Crippen LogP contribution in [0.1, 0.15) is 32.6 Å². The lowest BCUT2D eigenvalue weighted by Gasteiger charge is -2.23. The van der Waals surface area contributed by atoms with Crippen LogP contribution in [-0.4, -0.2) is 44.5 Å². The van der Waals surface area contributed by atoms with Gasteiger partial charge in [0.25, 0.3) is 5.91 Å². The first-order valence-corrected chi connectivity index (χ1v) is 9.44. The number of carbonyl (C=O) groups is 3. The molecule has 0 aromatic carbocycles. The number of hydrogen-bond donors (Lipinski definition) is 3. The molecule has 0 bridgehead atoms. The van der Waals surface area contributed by atoms with Crippen molar-refractivity contribution in [2.24, 2.45) is 0 Å². The third-order valence-corrected chi connectivity index (χ3v) is 5.94. The van der Waals surface area contributed by atoms with Gasteiger partial charge in [-0.3, -0.25) is 14.7 Å². The fraction of sp³-hybridized carbons (Fsp3) is 0.412. The zero-order valence-corrected chi connectivity index (χ0v) is 15.1. The molecule has 8 nitrogen and oxygen atoms in total. The highest BCUT2D eigenvalue weighted by atomic mass is 32.1. The molecule has 9 heteroatoms. The fourth-order valence-corrected chi connectivity index (χ4v) is 4.29. The minimum Gasteiger partial charge on any atom is -0.323 e. The maximum Gasteiger partial charge on any atom is 0.325 e. The van der Waals surface area contributed by atoms with Crippen LogP contribution in [0.25, 0.3) is 10.6 Å². The number of imide groups is 1. The van der Waals surface area contributed by atoms with Crippen molar-refractivity contribution in [3.63, 3.8) is 0 Å². The number of aromatic nitrogens is 2. The van der Waals surface area contributed by atoms with E-state index in [2.05, 4.69) is 20.8 Å². The van der Waals surface area contributed by atoms with Gasteiger partial charge in [-0.05, 0) is 31.2 Å². The Labute approximate surface area is 154 Å². The summed E-state index contributed by atoms with van der Waals surface area (Å²) in [7, 11) is 0. The van der Waals surface area contributed by atoms with Crippen LogP contribution < -0.4 is 10.6 Å². The van der Waals surface area contributed by atoms with E-state index >= 15 is 0 Å². The summed E-state index contributed by atoms with van der Waals surface area (Å²) in [5.41, 5.74) is -0.0209. The molecular weight excluding hydrogens is 354 g/mol. The van der Waals surface area contributed by atoms with Crippen molar-refractivity contribution < 1.29 is 14.4 Å². The summed E-state index contributed by atoms with van der Waals surface area (Å²) in [6, 6.07) is 4.18. The van der Waals surface area contributed by atoms with Crippen molar-refractivity contribution in [3.8, 4) is 10.6 Å². The number of hydrogen-bond acceptors (Lipinski definition) is 5. The lowest BCUT2D eigenvalue weighted by molar-refractivity contribution is -0.136. The van der Waals surface area contributed by atoms with E-state index in [-0.39, 0.29) is 5.91 Å². The lowest BCUT2D eigenvalue weighted by atomic mass is 9.97. The number of thiophene rings is 1. The number of amides is 4. The van der Waals surface area contributed by atoms with E-state index in [4.69, 9.17) is 0 Å². The predicted octanol–water partition coefficient (Wildman–Crippen LogP) is 2.33. The van der Waals surface area contributed by atoms with Crippen LogP contribution >= 0.6 is 11.3 Å². The number of H-pyrrole nitrogens is 1. The van der Waals surface area contributed by atoms with Gasteiger partial charge in [-0.1, -0.05) is 18.9 Å². The lowest BCUT2D eigenvalue weighted by Crippen LogP contribution is -2.48. The SMILES string of the molecule is CC(C(=O)Nc1cc(-c2cccs2)[nH]n1)N1C(=O)NC2(CCCC2)C1=O. The van der Waals surface area contributed by atoms with E-state index in [0.717, 1.165) is 28.3 Å². The van der Waals surface area contributed by atoms with Gasteiger partial charge >= 0.3 is 6.03 Å². The molecule has 4 amide bonds. The van der Waals surface area contributed by atoms with Gasteiger partial charge in [0, 0.05) is 6.07 Å². The molecule has 1 aliphatic heterocycles. The van der Waals surface area contributed by atoms with Gasteiger partial charge in [-0.25, -0.2) is 9.69 Å². The number of carbonyl (C=O) groups excluding carboxylic acids is 3. The maximum atomic E-state index is 12.7. The van der Waals surface area contributed by atoms with Crippen LogP contribution in [0.15, 0.2) is 23.6 Å². The van der Waals surface area contributed by atoms with E-state index in [0.29, 0.717) is 18.7 Å². The summed E-state index contributed by atoms with van der Waals surface area (Å²) in [6.07, 6.45) is 3.07. The Hall–Kier alpha value is -2.68. The Balaban J connectivity index is 1.46. The number of urea groups is 1. The highest BCUT2D eigenvalue weighted by Crippen LogP contribution is 2.35. The molecule has 136 valence electrons. The largest absolute Gasteiger partial charge is 0.325 e. The van der Waals surface area contributed by atoms with Gasteiger partial charge in [0.1, 0.15) is 11.6 Å². The Morgan fingerprint density at radius 2 is 2.15 bits per heavy atom. The van der Waals surface area contributed by atoms with Crippen molar-refractivity contribution in [3.05, 3.63) is 23.6 Å². The fourth-order valence-electron chi connectivity index (χ4n) is 3.60. The molecule has 2 aromatic rings. The second-order valence-electron chi connectivity index (χ2n) is 6.70. The third kappa shape index (κ3) is 2.68. The van der Waals surface area contributed by atoms with Crippen molar-refractivity contribution in [1.82, 2.24) is 20.4 Å². The summed E-state index contributed by atoms with van der Waals surface area (Å²) in [4.78, 5) is 39.6. The smallest absolute Gasteiger partial charge is 0.323 e. The zero-order chi connectivity index (χ0) is 18.3. The highest BCUT2D eigenvalue weighted by Gasteiger charge is 2.54. The molecule has 1 saturated heterocycles. The van der Waals surface area contributed by atoms with Crippen molar-refractivity contribution >= 4 is 35.0 Å². The molecule has 1 spiro atoms. The Bertz CT molecular complexity index is 854. The van der Waals surface area contributed by atoms with Crippen molar-refractivity contribution in [2.45, 2.75) is 44.2 Å². The van der Waals surface area contributed by atoms with Crippen LogP contribution in [0.5, 0.6) is 0 Å². The first-order valence-electron chi connectivity index (χ1n) is 8.56. The Morgan fingerprint density at radius 3 is 2.85 bits per heavy atom. The van der Waals surface area contributed by atoms with Crippen LogP contribution in [0, 0.1) is 0 Å². The van der Waals surface area contributed by atoms with Gasteiger partial charge in [-0.15, -0.1) is 11.3 Å². The van der Waals surface area contributed by atoms with Crippen molar-refractivity contribution in [2.75, 3.05) is 5.32 Å². The second kappa shape index (κ2) is 6.24. The van der Waals surface area contributed by atoms with Gasteiger partial charge in [0.05, 0.1) is 10.6 Å². The molecule has 3 N–H and O–H groups in total. The monoisotopic (exact) mass is 373 g/mol. The standard InChI is InChI=1S/C17H19N5O3S/c1-10(22-15(24)17(19-16(22)25)6-2-3-7-17)14(23)18-13-9-11(20-21-13)12-5-4-8-26-12/h4-5,8-10H,2-3,6-7H2,1H3,(H,19,25)(H2,18,20,21,23). The van der Waals surface area contributed by atoms with Gasteiger partial charge < -0.3 is 10.6 Å². The van der Waals surface area contributed by atoms with Gasteiger partial charge in [0.2, 0.25) is 5.91 Å². The van der Waals surface area contributed by atoms with Crippen molar-refractivity contribution in [1.29, 1.82) is 0 Å². The molecule has 3 heterocycles. The van der Waals surface area contributed by atoms with Crippen LogP contribution in [0.3, 0.4) is 0 Å². The first-order chi connectivity index (χ1) is 12.5. The topological polar surface area (TPSA) is 107 Å². The molecule has 2 aliphatic rings. The summed E-state index contributed by atoms with van der Waals surface area (Å²) < 4.78 is 0. The molecule has 0 radical (unpaired) electrons. The Kier molecular flexibility index (Phi) is 4.03. The molecule has 26 heavy (non-hydrogen) atoms. The number of rotatable bonds is 4. The molecule has 1 unspecified atom stereocenters. The van der Waals surface area contributed by atoms with E-state index < -0.39 is 23.5 Å². The van der Waals surface area contributed by atoms with Gasteiger partial charge in [-0.2, -0.15) is 5.10 Å². The molecule has 2 aromatic heterocycles. The first kappa shape index (κ1) is 16.8. The number of nitrogens with one attached hydrogen (secondary N) is 3. The molecule has 1 saturated carbocycles. The van der Waals surface area contributed by atoms with E-state index in [1.165, 1.54) is 0 Å². The quantitative estimate of drug-likeness (QED) is 0.715. The van der Waals surface area contributed by atoms with Crippen LogP contribution in [0.2, 0.25) is 0 Å². The summed E-state index contributed by atoms with van der Waals surface area (Å²) in [6.45, 7) is 1.55. The second-order valence-corrected chi connectivity index (χ2v) is 7.65. The molecule has 1 aliphatic carbocycles. The van der Waals surface area contributed by atoms with E-state index in [1.54, 1.807) is 24.3 Å². The summed E-state index contributed by atoms with van der Waals surface area (Å²) >= 11 is 1.56. The normalized spacial score (nSPS) is 19.8. The Morgan fingerprint density at radius 1 is 1.38 bits per heavy atom. The molecule has 4 rings (SSSR count). The minimum absolute atomic E-state index is 0.302. The van der Waals surface area contributed by atoms with Crippen LogP contribution in [0.4, 0.5) is 10.6 Å². The average molecular weight is 373 g/mol.